The number of carbonyl (C=O) groups is 1. The van der Waals surface area contributed by atoms with Crippen molar-refractivity contribution in [2.24, 2.45) is 0 Å². The molecule has 34 heavy (non-hydrogen) atoms. The number of hydrogen-bond acceptors (Lipinski definition) is 5. The van der Waals surface area contributed by atoms with E-state index in [0.29, 0.717) is 16.8 Å². The molecular weight excluding hydrogens is 430 g/mol. The number of carbonyl (C=O) groups excluding carboxylic acids is 1. The van der Waals surface area contributed by atoms with Gasteiger partial charge in [-0.15, -0.1) is 5.10 Å². The largest absolute Gasteiger partial charge is 0.330 e. The Labute approximate surface area is 196 Å². The van der Waals surface area contributed by atoms with Gasteiger partial charge in [-0.1, -0.05) is 30.3 Å². The lowest BCUT2D eigenvalue weighted by Crippen LogP contribution is -2.62. The van der Waals surface area contributed by atoms with E-state index in [1.54, 1.807) is 24.5 Å². The molecule has 2 atom stereocenters. The van der Waals surface area contributed by atoms with Crippen LogP contribution in [0.15, 0.2) is 59.7 Å². The molecule has 2 aliphatic rings. The lowest BCUT2D eigenvalue weighted by molar-refractivity contribution is -0.00353. The summed E-state index contributed by atoms with van der Waals surface area (Å²) in [5, 5.41) is 8.86. The SMILES string of the molecule is Cc1c(C(=O)N2C3CCCC2CN(Cc2ccccc2)C3)cnn1-c1nn2cccc2c(=O)[nH]1. The Morgan fingerprint density at radius 1 is 1.09 bits per heavy atom. The first-order valence-corrected chi connectivity index (χ1v) is 11.8. The Morgan fingerprint density at radius 3 is 2.62 bits per heavy atom. The van der Waals surface area contributed by atoms with Crippen molar-refractivity contribution in [3.8, 4) is 5.95 Å². The number of nitrogens with one attached hydrogen (secondary N) is 1. The van der Waals surface area contributed by atoms with Crippen LogP contribution in [0.1, 0.15) is 40.9 Å². The second-order valence-electron chi connectivity index (χ2n) is 9.30. The van der Waals surface area contributed by atoms with Gasteiger partial charge >= 0.3 is 0 Å². The van der Waals surface area contributed by atoms with Crippen molar-refractivity contribution in [3.63, 3.8) is 0 Å². The first kappa shape index (κ1) is 20.9. The van der Waals surface area contributed by atoms with E-state index in [1.807, 2.05) is 13.0 Å². The predicted octanol–water partition coefficient (Wildman–Crippen LogP) is 2.40. The highest BCUT2D eigenvalue weighted by atomic mass is 16.2. The summed E-state index contributed by atoms with van der Waals surface area (Å²) in [6, 6.07) is 14.4. The van der Waals surface area contributed by atoms with Gasteiger partial charge in [-0.05, 0) is 43.9 Å². The van der Waals surface area contributed by atoms with Crippen LogP contribution in [0.5, 0.6) is 0 Å². The fraction of sp³-hybridized carbons (Fsp3) is 0.360. The third kappa shape index (κ3) is 3.52. The first-order chi connectivity index (χ1) is 16.6. The number of aromatic nitrogens is 5. The molecule has 0 saturated carbocycles. The van der Waals surface area contributed by atoms with Crippen LogP contribution in [0, 0.1) is 6.92 Å². The Bertz CT molecular complexity index is 1390. The van der Waals surface area contributed by atoms with Crippen molar-refractivity contribution in [2.75, 3.05) is 13.1 Å². The molecule has 3 aromatic heterocycles. The summed E-state index contributed by atoms with van der Waals surface area (Å²) in [5.41, 5.74) is 2.75. The van der Waals surface area contributed by atoms with E-state index in [0.717, 1.165) is 38.9 Å². The van der Waals surface area contributed by atoms with Gasteiger partial charge in [0, 0.05) is 37.9 Å². The van der Waals surface area contributed by atoms with E-state index in [2.05, 4.69) is 49.2 Å². The number of rotatable bonds is 4. The van der Waals surface area contributed by atoms with Gasteiger partial charge in [0.1, 0.15) is 5.52 Å². The summed E-state index contributed by atoms with van der Waals surface area (Å²) in [5.74, 6) is 0.306. The highest BCUT2D eigenvalue weighted by Gasteiger charge is 2.41. The number of likely N-dealkylation sites (tertiary alicyclic amines) is 1. The zero-order valence-corrected chi connectivity index (χ0v) is 19.1. The number of piperidine rings is 1. The van der Waals surface area contributed by atoms with E-state index >= 15 is 0 Å². The topological polar surface area (TPSA) is 91.5 Å². The van der Waals surface area contributed by atoms with E-state index < -0.39 is 0 Å². The molecule has 1 N–H and O–H groups in total. The minimum Gasteiger partial charge on any atom is -0.330 e. The van der Waals surface area contributed by atoms with Gasteiger partial charge in [-0.2, -0.15) is 5.10 Å². The highest BCUT2D eigenvalue weighted by Crippen LogP contribution is 2.31. The van der Waals surface area contributed by atoms with Crippen LogP contribution in [0.25, 0.3) is 11.5 Å². The number of amides is 1. The Morgan fingerprint density at radius 2 is 1.85 bits per heavy atom. The Balaban J connectivity index is 1.26. The van der Waals surface area contributed by atoms with Gasteiger partial charge in [0.15, 0.2) is 0 Å². The Hall–Kier alpha value is -3.72. The van der Waals surface area contributed by atoms with Gasteiger partial charge in [0.2, 0.25) is 5.95 Å². The number of fused-ring (bicyclic) bond motifs is 3. The average Bonchev–Trinajstić information content (AvgIpc) is 3.45. The third-order valence-electron chi connectivity index (χ3n) is 7.11. The molecule has 2 bridgehead atoms. The fourth-order valence-electron chi connectivity index (χ4n) is 5.50. The average molecular weight is 458 g/mol. The van der Waals surface area contributed by atoms with Crippen molar-refractivity contribution in [1.29, 1.82) is 0 Å². The molecule has 2 saturated heterocycles. The zero-order valence-electron chi connectivity index (χ0n) is 19.1. The number of aromatic amines is 1. The van der Waals surface area contributed by atoms with Crippen LogP contribution >= 0.6 is 0 Å². The molecule has 174 valence electrons. The summed E-state index contributed by atoms with van der Waals surface area (Å²) >= 11 is 0. The van der Waals surface area contributed by atoms with E-state index in [1.165, 1.54) is 14.8 Å². The minimum atomic E-state index is -0.248. The molecular formula is C25H27N7O2. The smallest absolute Gasteiger partial charge is 0.276 e. The molecule has 2 unspecified atom stereocenters. The number of nitrogens with zero attached hydrogens (tertiary/aromatic N) is 6. The molecule has 2 fully saturated rings. The van der Waals surface area contributed by atoms with Crippen molar-refractivity contribution in [2.45, 2.75) is 44.8 Å². The second kappa shape index (κ2) is 8.25. The maximum atomic E-state index is 13.7. The zero-order chi connectivity index (χ0) is 23.2. The summed E-state index contributed by atoms with van der Waals surface area (Å²) in [7, 11) is 0. The van der Waals surface area contributed by atoms with Gasteiger partial charge in [-0.25, -0.2) is 9.20 Å². The summed E-state index contributed by atoms with van der Waals surface area (Å²) in [6.45, 7) is 4.52. The minimum absolute atomic E-state index is 0.0159. The lowest BCUT2D eigenvalue weighted by Gasteiger charge is -2.50. The quantitative estimate of drug-likeness (QED) is 0.508. The van der Waals surface area contributed by atoms with Crippen molar-refractivity contribution >= 4 is 11.4 Å². The van der Waals surface area contributed by atoms with Gasteiger partial charge in [0.25, 0.3) is 11.5 Å². The molecule has 0 aliphatic carbocycles. The standard InChI is InChI=1S/C25H27N7O2/c1-17-21(13-26-32(17)25-27-23(33)22-11-6-12-30(22)28-25)24(34)31-19-9-5-10-20(31)16-29(15-19)14-18-7-3-2-4-8-18/h2-4,6-8,11-13,19-20H,5,9-10,14-16H2,1H3,(H,27,28,33). The van der Waals surface area contributed by atoms with Crippen molar-refractivity contribution in [3.05, 3.63) is 82.0 Å². The molecule has 6 rings (SSSR count). The third-order valence-corrected chi connectivity index (χ3v) is 7.11. The van der Waals surface area contributed by atoms with Crippen LogP contribution in [-0.2, 0) is 6.54 Å². The Kier molecular flexibility index (Phi) is 5.06. The molecule has 0 spiro atoms. The normalized spacial score (nSPS) is 20.7. The van der Waals surface area contributed by atoms with Crippen LogP contribution in [0.4, 0.5) is 0 Å². The number of H-pyrrole nitrogens is 1. The van der Waals surface area contributed by atoms with Crippen LogP contribution < -0.4 is 5.56 Å². The summed E-state index contributed by atoms with van der Waals surface area (Å²) in [4.78, 5) is 33.5. The maximum Gasteiger partial charge on any atom is 0.276 e. The fourth-order valence-corrected chi connectivity index (χ4v) is 5.50. The van der Waals surface area contributed by atoms with Crippen LogP contribution in [0.3, 0.4) is 0 Å². The number of piperazine rings is 1. The predicted molar refractivity (Wildman–Crippen MR) is 127 cm³/mol. The van der Waals surface area contributed by atoms with Crippen molar-refractivity contribution in [1.82, 2.24) is 34.2 Å². The molecule has 4 aromatic rings. The van der Waals surface area contributed by atoms with E-state index in [4.69, 9.17) is 0 Å². The van der Waals surface area contributed by atoms with Gasteiger partial charge < -0.3 is 4.90 Å². The second-order valence-corrected chi connectivity index (χ2v) is 9.30. The van der Waals surface area contributed by atoms with Crippen LogP contribution in [0.2, 0.25) is 0 Å². The molecule has 9 nitrogen and oxygen atoms in total. The molecule has 1 amide bonds. The highest BCUT2D eigenvalue weighted by molar-refractivity contribution is 5.95. The van der Waals surface area contributed by atoms with E-state index in [9.17, 15) is 9.59 Å². The summed E-state index contributed by atoms with van der Waals surface area (Å²) < 4.78 is 3.06. The van der Waals surface area contributed by atoms with E-state index in [-0.39, 0.29) is 29.5 Å². The van der Waals surface area contributed by atoms with Crippen molar-refractivity contribution < 1.29 is 4.79 Å². The number of benzene rings is 1. The molecule has 1 aromatic carbocycles. The lowest BCUT2D eigenvalue weighted by atomic mass is 9.90. The first-order valence-electron chi connectivity index (χ1n) is 11.8. The van der Waals surface area contributed by atoms with Crippen LogP contribution in [-0.4, -0.2) is 65.3 Å². The van der Waals surface area contributed by atoms with Gasteiger partial charge in [0.05, 0.1) is 17.5 Å². The van der Waals surface area contributed by atoms with Gasteiger partial charge in [-0.3, -0.25) is 19.5 Å². The molecule has 5 heterocycles. The summed E-state index contributed by atoms with van der Waals surface area (Å²) in [6.07, 6.45) is 6.50. The molecule has 9 heteroatoms. The number of hydrogen-bond donors (Lipinski definition) is 1. The monoisotopic (exact) mass is 457 g/mol. The molecule has 2 aliphatic heterocycles. The molecule has 0 radical (unpaired) electrons. The maximum absolute atomic E-state index is 13.7.